The first-order chi connectivity index (χ1) is 12.0. The minimum Gasteiger partial charge on any atom is -0.339 e. The van der Waals surface area contributed by atoms with Gasteiger partial charge in [-0.25, -0.2) is 4.98 Å². The van der Waals surface area contributed by atoms with Gasteiger partial charge in [-0.05, 0) is 38.0 Å². The fourth-order valence-electron chi connectivity index (χ4n) is 3.99. The van der Waals surface area contributed by atoms with E-state index < -0.39 is 12.1 Å². The number of nitrogens with zero attached hydrogens (tertiary/aromatic N) is 4. The zero-order chi connectivity index (χ0) is 17.4. The van der Waals surface area contributed by atoms with Gasteiger partial charge in [0.25, 0.3) is 0 Å². The van der Waals surface area contributed by atoms with Crippen molar-refractivity contribution in [2.45, 2.75) is 44.7 Å². The molecule has 0 spiro atoms. The van der Waals surface area contributed by atoms with E-state index >= 15 is 0 Å². The lowest BCUT2D eigenvalue weighted by Crippen LogP contribution is -2.23. The van der Waals surface area contributed by atoms with Crippen molar-refractivity contribution in [3.05, 3.63) is 35.6 Å². The number of halogens is 3. The molecular formula is C17H17F3N4O. The second-order valence-electron chi connectivity index (χ2n) is 6.59. The summed E-state index contributed by atoms with van der Waals surface area (Å²) in [4.78, 5) is 12.3. The molecule has 2 aromatic heterocycles. The molecule has 0 saturated carbocycles. The van der Waals surface area contributed by atoms with Crippen LogP contribution in [0.4, 0.5) is 13.2 Å². The van der Waals surface area contributed by atoms with Crippen molar-refractivity contribution in [2.24, 2.45) is 11.8 Å². The van der Waals surface area contributed by atoms with Crippen molar-refractivity contribution < 1.29 is 17.7 Å². The predicted molar refractivity (Wildman–Crippen MR) is 82.2 cm³/mol. The molecule has 132 valence electrons. The number of allylic oxidation sites excluding steroid dienone is 2. The Morgan fingerprint density at radius 2 is 1.92 bits per heavy atom. The molecule has 0 fully saturated rings. The molecule has 0 aromatic carbocycles. The fourth-order valence-corrected chi connectivity index (χ4v) is 3.99. The minimum absolute atomic E-state index is 0.0943. The summed E-state index contributed by atoms with van der Waals surface area (Å²) in [5.41, 5.74) is 2.06. The highest BCUT2D eigenvalue weighted by Crippen LogP contribution is 2.51. The van der Waals surface area contributed by atoms with Crippen molar-refractivity contribution in [1.82, 2.24) is 20.1 Å². The molecule has 2 aliphatic carbocycles. The van der Waals surface area contributed by atoms with Crippen molar-refractivity contribution in [3.8, 4) is 11.5 Å². The van der Waals surface area contributed by atoms with Crippen LogP contribution in [0, 0.1) is 11.8 Å². The second-order valence-corrected chi connectivity index (χ2v) is 6.59. The van der Waals surface area contributed by atoms with E-state index in [4.69, 9.17) is 4.52 Å². The Labute approximate surface area is 142 Å². The Hall–Kier alpha value is -2.25. The Kier molecular flexibility index (Phi) is 4.05. The highest BCUT2D eigenvalue weighted by molar-refractivity contribution is 5.45. The average molecular weight is 350 g/mol. The van der Waals surface area contributed by atoms with Crippen molar-refractivity contribution in [2.75, 3.05) is 0 Å². The van der Waals surface area contributed by atoms with Gasteiger partial charge in [-0.2, -0.15) is 18.2 Å². The number of aromatic nitrogens is 4. The van der Waals surface area contributed by atoms with E-state index in [2.05, 4.69) is 20.1 Å². The molecule has 2 heterocycles. The van der Waals surface area contributed by atoms with E-state index in [1.54, 1.807) is 0 Å². The molecule has 5 nitrogen and oxygen atoms in total. The third-order valence-corrected chi connectivity index (χ3v) is 5.06. The van der Waals surface area contributed by atoms with Gasteiger partial charge in [0.05, 0.1) is 12.1 Å². The molecule has 0 saturated heterocycles. The molecule has 2 aromatic rings. The topological polar surface area (TPSA) is 64.7 Å². The lowest BCUT2D eigenvalue weighted by atomic mass is 9.87. The van der Waals surface area contributed by atoms with Crippen LogP contribution in [0.3, 0.4) is 0 Å². The van der Waals surface area contributed by atoms with Gasteiger partial charge in [0, 0.05) is 18.8 Å². The first-order valence-electron chi connectivity index (χ1n) is 8.40. The van der Waals surface area contributed by atoms with Crippen molar-refractivity contribution >= 4 is 0 Å². The summed E-state index contributed by atoms with van der Waals surface area (Å²) in [5.74, 6) is -0.815. The molecule has 8 heteroatoms. The fraction of sp³-hybridized carbons (Fsp3) is 0.529. The molecule has 0 N–H and O–H groups in total. The molecule has 0 radical (unpaired) electrons. The third-order valence-electron chi connectivity index (χ3n) is 5.06. The predicted octanol–water partition coefficient (Wildman–Crippen LogP) is 4.14. The quantitative estimate of drug-likeness (QED) is 0.779. The number of hydrogen-bond acceptors (Lipinski definition) is 5. The highest BCUT2D eigenvalue weighted by atomic mass is 19.4. The maximum atomic E-state index is 13.4. The smallest absolute Gasteiger partial charge is 0.339 e. The molecule has 4 rings (SSSR count). The van der Waals surface area contributed by atoms with E-state index in [0.29, 0.717) is 35.8 Å². The highest BCUT2D eigenvalue weighted by Gasteiger charge is 2.49. The summed E-state index contributed by atoms with van der Waals surface area (Å²) < 4.78 is 45.4. The van der Waals surface area contributed by atoms with Crippen LogP contribution in [0.15, 0.2) is 34.3 Å². The van der Waals surface area contributed by atoms with Crippen LogP contribution in [0.5, 0.6) is 0 Å². The Morgan fingerprint density at radius 3 is 2.64 bits per heavy atom. The lowest BCUT2D eigenvalue weighted by molar-refractivity contribution is -0.165. The monoisotopic (exact) mass is 350 g/mol. The Bertz CT molecular complexity index is 785. The zero-order valence-corrected chi connectivity index (χ0v) is 13.5. The Balaban J connectivity index is 1.55. The second kappa shape index (κ2) is 6.24. The first-order valence-corrected chi connectivity index (χ1v) is 8.40. The lowest BCUT2D eigenvalue weighted by Gasteiger charge is -2.21. The molecule has 0 amide bonds. The number of rotatable bonds is 3. The summed E-state index contributed by atoms with van der Waals surface area (Å²) in [6, 6.07) is 0. The largest absolute Gasteiger partial charge is 0.395 e. The zero-order valence-electron chi connectivity index (χ0n) is 13.5. The summed E-state index contributed by atoms with van der Waals surface area (Å²) >= 11 is 0. The van der Waals surface area contributed by atoms with Crippen LogP contribution >= 0.6 is 0 Å². The maximum Gasteiger partial charge on any atom is 0.395 e. The van der Waals surface area contributed by atoms with Crippen molar-refractivity contribution in [1.29, 1.82) is 0 Å². The van der Waals surface area contributed by atoms with Crippen LogP contribution in [0.25, 0.3) is 11.5 Å². The minimum atomic E-state index is -4.17. The maximum absolute atomic E-state index is 13.4. The van der Waals surface area contributed by atoms with Crippen LogP contribution in [-0.2, 0) is 6.42 Å². The van der Waals surface area contributed by atoms with E-state index in [0.717, 1.165) is 24.8 Å². The van der Waals surface area contributed by atoms with Gasteiger partial charge < -0.3 is 4.52 Å². The average Bonchev–Trinajstić information content (AvgIpc) is 3.21. The van der Waals surface area contributed by atoms with Crippen LogP contribution in [-0.4, -0.2) is 26.3 Å². The molecule has 0 bridgehead atoms. The van der Waals surface area contributed by atoms with E-state index in [1.807, 2.05) is 0 Å². The van der Waals surface area contributed by atoms with Gasteiger partial charge in [-0.15, -0.1) is 0 Å². The normalized spacial score (nSPS) is 23.8. The van der Waals surface area contributed by atoms with Crippen LogP contribution < -0.4 is 0 Å². The molecular weight excluding hydrogens is 333 g/mol. The molecule has 2 aliphatic rings. The molecule has 25 heavy (non-hydrogen) atoms. The van der Waals surface area contributed by atoms with E-state index in [1.165, 1.54) is 18.6 Å². The van der Waals surface area contributed by atoms with E-state index in [9.17, 15) is 13.2 Å². The van der Waals surface area contributed by atoms with Gasteiger partial charge in [0.2, 0.25) is 11.7 Å². The molecule has 2 unspecified atom stereocenters. The Morgan fingerprint density at radius 1 is 1.12 bits per heavy atom. The first kappa shape index (κ1) is 16.2. The summed E-state index contributed by atoms with van der Waals surface area (Å²) in [6.07, 6.45) is 3.95. The molecule has 0 aliphatic heterocycles. The van der Waals surface area contributed by atoms with Crippen molar-refractivity contribution in [3.63, 3.8) is 0 Å². The summed E-state index contributed by atoms with van der Waals surface area (Å²) in [5, 5.41) is 3.87. The van der Waals surface area contributed by atoms with E-state index in [-0.39, 0.29) is 12.3 Å². The van der Waals surface area contributed by atoms with Gasteiger partial charge in [0.15, 0.2) is 0 Å². The van der Waals surface area contributed by atoms with Crippen LogP contribution in [0.1, 0.15) is 38.0 Å². The molecule has 2 atom stereocenters. The van der Waals surface area contributed by atoms with Crippen LogP contribution in [0.2, 0.25) is 0 Å². The SMILES string of the molecule is FC(F)(F)C1CC(Cc2nc(-c3cnccn3)no2)C2=C1CCCC2. The van der Waals surface area contributed by atoms with Gasteiger partial charge in [-0.1, -0.05) is 16.3 Å². The number of alkyl halides is 3. The summed E-state index contributed by atoms with van der Waals surface area (Å²) in [7, 11) is 0. The summed E-state index contributed by atoms with van der Waals surface area (Å²) in [6.45, 7) is 0. The van der Waals surface area contributed by atoms with Gasteiger partial charge >= 0.3 is 6.18 Å². The van der Waals surface area contributed by atoms with Gasteiger partial charge in [-0.3, -0.25) is 4.98 Å². The number of hydrogen-bond donors (Lipinski definition) is 0. The standard InChI is InChI=1S/C17H17F3N4O/c18-17(19,20)13-7-10(11-3-1-2-4-12(11)13)8-15-23-16(24-25-15)14-9-21-5-6-22-14/h5-6,9-10,13H,1-4,7-8H2. The van der Waals surface area contributed by atoms with Gasteiger partial charge in [0.1, 0.15) is 5.69 Å². The third kappa shape index (κ3) is 3.17.